The van der Waals surface area contributed by atoms with E-state index in [0.29, 0.717) is 11.5 Å². The molecule has 2 heterocycles. The van der Waals surface area contributed by atoms with Gasteiger partial charge in [0.2, 0.25) is 0 Å². The summed E-state index contributed by atoms with van der Waals surface area (Å²) >= 11 is 0.0972. The number of aryl methyl sites for hydroxylation is 1. The van der Waals surface area contributed by atoms with E-state index in [2.05, 4.69) is 15.7 Å². The quantitative estimate of drug-likeness (QED) is 0.824. The van der Waals surface area contributed by atoms with E-state index in [9.17, 15) is 4.39 Å². The fourth-order valence-electron chi connectivity index (χ4n) is 1.96. The zero-order chi connectivity index (χ0) is 11.7. The van der Waals surface area contributed by atoms with Gasteiger partial charge in [-0.1, -0.05) is 0 Å². The Morgan fingerprint density at radius 1 is 1.50 bits per heavy atom. The number of hydrogen-bond donors (Lipinski definition) is 1. The van der Waals surface area contributed by atoms with Crippen molar-refractivity contribution in [1.29, 1.82) is 0 Å². The van der Waals surface area contributed by atoms with Gasteiger partial charge in [-0.15, -0.1) is 0 Å². The van der Waals surface area contributed by atoms with Gasteiger partial charge < -0.3 is 0 Å². The van der Waals surface area contributed by atoms with E-state index >= 15 is 0 Å². The second-order valence-corrected chi connectivity index (χ2v) is 6.95. The molecule has 2 N–H and O–H groups in total. The summed E-state index contributed by atoms with van der Waals surface area (Å²) in [6, 6.07) is 0. The topological polar surface area (TPSA) is 55.0 Å². The second kappa shape index (κ2) is 4.58. The van der Waals surface area contributed by atoms with Crippen LogP contribution in [-0.2, 0) is 0 Å². The normalized spacial score (nSPS) is 21.2. The zero-order valence-electron chi connectivity index (χ0n) is 9.50. The van der Waals surface area contributed by atoms with Crippen LogP contribution in [0.5, 0.6) is 0 Å². The van der Waals surface area contributed by atoms with E-state index in [4.69, 9.17) is 5.73 Å². The maximum atomic E-state index is 13.9. The van der Waals surface area contributed by atoms with Gasteiger partial charge in [0.05, 0.1) is 0 Å². The van der Waals surface area contributed by atoms with E-state index < -0.39 is 0 Å². The first kappa shape index (κ1) is 11.6. The van der Waals surface area contributed by atoms with E-state index in [1.54, 1.807) is 6.92 Å². The van der Waals surface area contributed by atoms with Gasteiger partial charge in [0.25, 0.3) is 0 Å². The van der Waals surface area contributed by atoms with Gasteiger partial charge in [-0.05, 0) is 0 Å². The third kappa shape index (κ3) is 2.14. The molecule has 88 valence electrons. The summed E-state index contributed by atoms with van der Waals surface area (Å²) in [7, 11) is 0. The van der Waals surface area contributed by atoms with E-state index in [1.165, 1.54) is 0 Å². The Labute approximate surface area is 101 Å². The van der Waals surface area contributed by atoms with Crippen molar-refractivity contribution in [3.8, 4) is 0 Å². The molecule has 0 saturated carbocycles. The third-order valence-corrected chi connectivity index (χ3v) is 5.61. The average molecular weight is 286 g/mol. The van der Waals surface area contributed by atoms with Gasteiger partial charge in [-0.3, -0.25) is 0 Å². The number of nitrogen functional groups attached to an aromatic ring is 1. The fraction of sp³-hybridized carbons (Fsp3) is 0.600. The van der Waals surface area contributed by atoms with Crippen molar-refractivity contribution in [2.24, 2.45) is 0 Å². The number of anilines is 2. The van der Waals surface area contributed by atoms with Crippen molar-refractivity contribution in [2.75, 3.05) is 23.7 Å². The molecular formula is C10H16AsFN4. The molecule has 0 spiro atoms. The summed E-state index contributed by atoms with van der Waals surface area (Å²) in [6.07, 6.45) is 1.15. The molecule has 2 atom stereocenters. The van der Waals surface area contributed by atoms with E-state index in [-0.39, 0.29) is 27.5 Å². The molecule has 0 bridgehead atoms. The summed E-state index contributed by atoms with van der Waals surface area (Å²) in [5.74, 6) is 0.211. The van der Waals surface area contributed by atoms with Gasteiger partial charge in [-0.2, -0.15) is 0 Å². The molecule has 0 radical (unpaired) electrons. The SMILES string of the molecule is C[AsH]C1CCN(c2nc(N)nc(C)c2F)C1. The zero-order valence-corrected chi connectivity index (χ0v) is 11.6. The van der Waals surface area contributed by atoms with Crippen LogP contribution in [0.4, 0.5) is 16.2 Å². The van der Waals surface area contributed by atoms with Crippen LogP contribution in [0.15, 0.2) is 0 Å². The predicted octanol–water partition coefficient (Wildman–Crippen LogP) is 0.990. The minimum atomic E-state index is -0.328. The first-order valence-electron chi connectivity index (χ1n) is 5.33. The molecule has 1 aromatic rings. The molecule has 6 heteroatoms. The standard InChI is InChI=1S/C10H16AsFN4/c1-6-8(12)9(15-10(13)14-6)16-4-3-7(5-16)11-2/h7,11H,3-5H2,1-2H3,(H2,13,14,15). The number of hydrogen-bond acceptors (Lipinski definition) is 4. The Morgan fingerprint density at radius 3 is 2.88 bits per heavy atom. The van der Waals surface area contributed by atoms with E-state index in [1.807, 2.05) is 4.90 Å². The molecule has 2 unspecified atom stereocenters. The number of nitrogens with zero attached hydrogens (tertiary/aromatic N) is 3. The van der Waals surface area contributed by atoms with Crippen molar-refractivity contribution in [3.63, 3.8) is 0 Å². The Balaban J connectivity index is 2.27. The Hall–Kier alpha value is -0.832. The van der Waals surface area contributed by atoms with Gasteiger partial charge in [0.1, 0.15) is 0 Å². The van der Waals surface area contributed by atoms with Crippen LogP contribution in [-0.4, -0.2) is 38.8 Å². The van der Waals surface area contributed by atoms with Crippen LogP contribution in [0.3, 0.4) is 0 Å². The van der Waals surface area contributed by atoms with Crippen molar-refractivity contribution in [1.82, 2.24) is 9.97 Å². The molecule has 1 aromatic heterocycles. The Kier molecular flexibility index (Phi) is 3.33. The minimum absolute atomic E-state index is 0.0972. The van der Waals surface area contributed by atoms with Crippen LogP contribution in [0.2, 0.25) is 10.4 Å². The summed E-state index contributed by atoms with van der Waals surface area (Å²) in [5.41, 5.74) is 8.17. The van der Waals surface area contributed by atoms with Crippen LogP contribution in [0, 0.1) is 12.7 Å². The summed E-state index contributed by atoms with van der Waals surface area (Å²) in [5, 5.41) is 0. The van der Waals surface area contributed by atoms with Gasteiger partial charge in [-0.25, -0.2) is 0 Å². The summed E-state index contributed by atoms with van der Waals surface area (Å²) < 4.78 is 14.6. The Morgan fingerprint density at radius 2 is 2.25 bits per heavy atom. The number of aromatic nitrogens is 2. The number of nitrogens with two attached hydrogens (primary N) is 1. The van der Waals surface area contributed by atoms with Crippen molar-refractivity contribution >= 4 is 27.5 Å². The molecule has 0 aliphatic carbocycles. The van der Waals surface area contributed by atoms with Gasteiger partial charge in [0.15, 0.2) is 0 Å². The van der Waals surface area contributed by atoms with Crippen molar-refractivity contribution < 1.29 is 4.39 Å². The Bertz CT molecular complexity index is 399. The fourth-order valence-corrected chi connectivity index (χ4v) is 3.69. The molecule has 0 amide bonds. The molecule has 2 rings (SSSR count). The van der Waals surface area contributed by atoms with Crippen molar-refractivity contribution in [2.45, 2.75) is 23.8 Å². The second-order valence-electron chi connectivity index (χ2n) is 4.03. The van der Waals surface area contributed by atoms with Gasteiger partial charge in [0, 0.05) is 0 Å². The van der Waals surface area contributed by atoms with E-state index in [0.717, 1.165) is 24.2 Å². The monoisotopic (exact) mass is 286 g/mol. The molecule has 1 aliphatic heterocycles. The average Bonchev–Trinajstić information content (AvgIpc) is 2.71. The molecule has 1 aliphatic rings. The molecular weight excluding hydrogens is 270 g/mol. The first-order valence-corrected chi connectivity index (χ1v) is 8.64. The summed E-state index contributed by atoms with van der Waals surface area (Å²) in [4.78, 5) is 9.83. The number of halogens is 1. The van der Waals surface area contributed by atoms with Crippen LogP contribution in [0.25, 0.3) is 0 Å². The molecule has 1 fully saturated rings. The van der Waals surface area contributed by atoms with Crippen LogP contribution >= 0.6 is 0 Å². The van der Waals surface area contributed by atoms with Crippen LogP contribution in [0.1, 0.15) is 12.1 Å². The molecule has 0 aromatic carbocycles. The van der Waals surface area contributed by atoms with Gasteiger partial charge >= 0.3 is 101 Å². The predicted molar refractivity (Wildman–Crippen MR) is 64.7 cm³/mol. The molecule has 16 heavy (non-hydrogen) atoms. The molecule has 4 nitrogen and oxygen atoms in total. The number of rotatable bonds is 2. The first-order chi connectivity index (χ1) is 7.61. The van der Waals surface area contributed by atoms with Crippen LogP contribution < -0.4 is 10.6 Å². The maximum absolute atomic E-state index is 13.9. The third-order valence-electron chi connectivity index (χ3n) is 2.91. The van der Waals surface area contributed by atoms with Crippen molar-refractivity contribution in [3.05, 3.63) is 11.5 Å². The summed E-state index contributed by atoms with van der Waals surface area (Å²) in [6.45, 7) is 3.43. The molecule has 1 saturated heterocycles.